The van der Waals surface area contributed by atoms with Gasteiger partial charge in [0.2, 0.25) is 5.91 Å². The second-order valence-electron chi connectivity index (χ2n) is 4.19. The van der Waals surface area contributed by atoms with Crippen LogP contribution in [0.5, 0.6) is 0 Å². The maximum absolute atomic E-state index is 10.8. The molecule has 1 aliphatic carbocycles. The first-order valence-corrected chi connectivity index (χ1v) is 5.26. The maximum atomic E-state index is 10.8. The van der Waals surface area contributed by atoms with Crippen LogP contribution in [-0.2, 0) is 9.53 Å². The summed E-state index contributed by atoms with van der Waals surface area (Å²) in [5.74, 6) is -0.502. The SMILES string of the molecule is CC(COC1CCCC(N)C1)C(N)=O. The van der Waals surface area contributed by atoms with Crippen LogP contribution in [0.3, 0.4) is 0 Å². The third-order valence-corrected chi connectivity index (χ3v) is 2.73. The molecule has 1 fully saturated rings. The Morgan fingerprint density at radius 2 is 2.29 bits per heavy atom. The zero-order valence-corrected chi connectivity index (χ0v) is 8.74. The molecule has 0 aliphatic heterocycles. The molecule has 82 valence electrons. The molecule has 0 spiro atoms. The van der Waals surface area contributed by atoms with Crippen LogP contribution in [-0.4, -0.2) is 24.7 Å². The molecule has 1 amide bonds. The Kier molecular flexibility index (Phi) is 4.35. The average Bonchev–Trinajstić information content (AvgIpc) is 2.14. The van der Waals surface area contributed by atoms with Crippen molar-refractivity contribution in [1.29, 1.82) is 0 Å². The van der Waals surface area contributed by atoms with Gasteiger partial charge in [0.05, 0.1) is 18.6 Å². The van der Waals surface area contributed by atoms with E-state index in [2.05, 4.69) is 0 Å². The van der Waals surface area contributed by atoms with Gasteiger partial charge in [0.25, 0.3) is 0 Å². The van der Waals surface area contributed by atoms with Crippen molar-refractivity contribution in [2.24, 2.45) is 17.4 Å². The molecule has 0 saturated heterocycles. The molecular weight excluding hydrogens is 180 g/mol. The summed E-state index contributed by atoms with van der Waals surface area (Å²) in [5.41, 5.74) is 11.0. The minimum absolute atomic E-state index is 0.201. The number of carbonyl (C=O) groups is 1. The quantitative estimate of drug-likeness (QED) is 0.689. The van der Waals surface area contributed by atoms with Gasteiger partial charge in [-0.25, -0.2) is 0 Å². The van der Waals surface area contributed by atoms with E-state index in [4.69, 9.17) is 16.2 Å². The van der Waals surface area contributed by atoms with Crippen molar-refractivity contribution in [3.8, 4) is 0 Å². The van der Waals surface area contributed by atoms with Gasteiger partial charge in [-0.1, -0.05) is 6.92 Å². The fraction of sp³-hybridized carbons (Fsp3) is 0.900. The van der Waals surface area contributed by atoms with Crippen molar-refractivity contribution in [2.45, 2.75) is 44.8 Å². The monoisotopic (exact) mass is 200 g/mol. The fourth-order valence-electron chi connectivity index (χ4n) is 1.70. The zero-order chi connectivity index (χ0) is 10.6. The van der Waals surface area contributed by atoms with Gasteiger partial charge in [0, 0.05) is 6.04 Å². The lowest BCUT2D eigenvalue weighted by atomic mass is 9.93. The molecule has 3 unspecified atom stereocenters. The standard InChI is InChI=1S/C10H20N2O2/c1-7(10(12)13)6-14-9-4-2-3-8(11)5-9/h7-9H,2-6,11H2,1H3,(H2,12,13). The Labute approximate surface area is 85.0 Å². The van der Waals surface area contributed by atoms with Crippen molar-refractivity contribution in [3.63, 3.8) is 0 Å². The van der Waals surface area contributed by atoms with E-state index in [0.717, 1.165) is 25.7 Å². The van der Waals surface area contributed by atoms with Gasteiger partial charge in [-0.15, -0.1) is 0 Å². The third kappa shape index (κ3) is 3.64. The first kappa shape index (κ1) is 11.5. The number of hydrogen-bond donors (Lipinski definition) is 2. The van der Waals surface area contributed by atoms with Crippen molar-refractivity contribution in [2.75, 3.05) is 6.61 Å². The first-order valence-electron chi connectivity index (χ1n) is 5.26. The Bertz CT molecular complexity index is 197. The number of primary amides is 1. The fourth-order valence-corrected chi connectivity index (χ4v) is 1.70. The minimum atomic E-state index is -0.301. The van der Waals surface area contributed by atoms with Crippen LogP contribution in [0.4, 0.5) is 0 Å². The second-order valence-corrected chi connectivity index (χ2v) is 4.19. The van der Waals surface area contributed by atoms with E-state index in [-0.39, 0.29) is 24.0 Å². The lowest BCUT2D eigenvalue weighted by Gasteiger charge is -2.27. The summed E-state index contributed by atoms with van der Waals surface area (Å²) in [7, 11) is 0. The molecule has 0 heterocycles. The molecule has 0 radical (unpaired) electrons. The summed E-state index contributed by atoms with van der Waals surface area (Å²) in [5, 5.41) is 0. The third-order valence-electron chi connectivity index (χ3n) is 2.73. The van der Waals surface area contributed by atoms with Gasteiger partial charge < -0.3 is 16.2 Å². The molecule has 0 aromatic rings. The maximum Gasteiger partial charge on any atom is 0.222 e. The number of rotatable bonds is 4. The van der Waals surface area contributed by atoms with E-state index in [0.29, 0.717) is 6.61 Å². The molecule has 0 aromatic carbocycles. The zero-order valence-electron chi connectivity index (χ0n) is 8.74. The van der Waals surface area contributed by atoms with Crippen LogP contribution in [0, 0.1) is 5.92 Å². The molecular formula is C10H20N2O2. The highest BCUT2D eigenvalue weighted by molar-refractivity contribution is 5.76. The van der Waals surface area contributed by atoms with E-state index in [1.54, 1.807) is 6.92 Å². The Hall–Kier alpha value is -0.610. The van der Waals surface area contributed by atoms with E-state index in [1.807, 2.05) is 0 Å². The first-order chi connectivity index (χ1) is 6.59. The predicted molar refractivity (Wildman–Crippen MR) is 54.5 cm³/mol. The van der Waals surface area contributed by atoms with Gasteiger partial charge in [0.15, 0.2) is 0 Å². The lowest BCUT2D eigenvalue weighted by Crippen LogP contribution is -2.34. The van der Waals surface area contributed by atoms with Gasteiger partial charge in [-0.3, -0.25) is 4.79 Å². The number of ether oxygens (including phenoxy) is 1. The van der Waals surface area contributed by atoms with Crippen molar-refractivity contribution in [1.82, 2.24) is 0 Å². The average molecular weight is 200 g/mol. The highest BCUT2D eigenvalue weighted by Gasteiger charge is 2.20. The topological polar surface area (TPSA) is 78.3 Å². The lowest BCUT2D eigenvalue weighted by molar-refractivity contribution is -0.124. The smallest absolute Gasteiger partial charge is 0.222 e. The number of amides is 1. The Morgan fingerprint density at radius 3 is 2.86 bits per heavy atom. The van der Waals surface area contributed by atoms with Crippen molar-refractivity contribution in [3.05, 3.63) is 0 Å². The molecule has 1 saturated carbocycles. The van der Waals surface area contributed by atoms with Crippen molar-refractivity contribution >= 4 is 5.91 Å². The predicted octanol–water partition coefficient (Wildman–Crippen LogP) is 0.394. The van der Waals surface area contributed by atoms with Crippen LogP contribution in [0.25, 0.3) is 0 Å². The molecule has 14 heavy (non-hydrogen) atoms. The second kappa shape index (κ2) is 5.32. The molecule has 1 rings (SSSR count). The number of nitrogens with two attached hydrogens (primary N) is 2. The van der Waals surface area contributed by atoms with Gasteiger partial charge in [0.1, 0.15) is 0 Å². The van der Waals surface area contributed by atoms with Crippen molar-refractivity contribution < 1.29 is 9.53 Å². The van der Waals surface area contributed by atoms with E-state index in [1.165, 1.54) is 0 Å². The molecule has 0 bridgehead atoms. The van der Waals surface area contributed by atoms with Crippen LogP contribution < -0.4 is 11.5 Å². The number of carbonyl (C=O) groups excluding carboxylic acids is 1. The summed E-state index contributed by atoms with van der Waals surface area (Å²) in [4.78, 5) is 10.8. The van der Waals surface area contributed by atoms with Crippen LogP contribution >= 0.6 is 0 Å². The summed E-state index contributed by atoms with van der Waals surface area (Å²) < 4.78 is 5.60. The Morgan fingerprint density at radius 1 is 1.57 bits per heavy atom. The summed E-state index contributed by atoms with van der Waals surface area (Å²) >= 11 is 0. The number of hydrogen-bond acceptors (Lipinski definition) is 3. The highest BCUT2D eigenvalue weighted by atomic mass is 16.5. The summed E-state index contributed by atoms with van der Waals surface area (Å²) in [6.45, 7) is 2.21. The normalized spacial score (nSPS) is 29.9. The van der Waals surface area contributed by atoms with Gasteiger partial charge >= 0.3 is 0 Å². The minimum Gasteiger partial charge on any atom is -0.377 e. The van der Waals surface area contributed by atoms with Crippen LogP contribution in [0.1, 0.15) is 32.6 Å². The molecule has 0 aromatic heterocycles. The largest absolute Gasteiger partial charge is 0.377 e. The molecule has 3 atom stereocenters. The Balaban J connectivity index is 2.20. The molecule has 1 aliphatic rings. The summed E-state index contributed by atoms with van der Waals surface area (Å²) in [6, 6.07) is 0.262. The van der Waals surface area contributed by atoms with Gasteiger partial charge in [-0.05, 0) is 25.7 Å². The van der Waals surface area contributed by atoms with Gasteiger partial charge in [-0.2, -0.15) is 0 Å². The van der Waals surface area contributed by atoms with Crippen LogP contribution in [0.15, 0.2) is 0 Å². The van der Waals surface area contributed by atoms with E-state index >= 15 is 0 Å². The molecule has 4 nitrogen and oxygen atoms in total. The molecule has 4 N–H and O–H groups in total. The van der Waals surface area contributed by atoms with E-state index < -0.39 is 0 Å². The molecule has 4 heteroatoms. The van der Waals surface area contributed by atoms with E-state index in [9.17, 15) is 4.79 Å². The summed E-state index contributed by atoms with van der Waals surface area (Å²) in [6.07, 6.45) is 4.40. The highest BCUT2D eigenvalue weighted by Crippen LogP contribution is 2.20. The van der Waals surface area contributed by atoms with Crippen LogP contribution in [0.2, 0.25) is 0 Å².